The summed E-state index contributed by atoms with van der Waals surface area (Å²) in [5, 5.41) is 9.97. The molecule has 1 aromatic rings. The first-order valence-electron chi connectivity index (χ1n) is 4.63. The van der Waals surface area contributed by atoms with E-state index in [0.717, 1.165) is 30.9 Å². The van der Waals surface area contributed by atoms with E-state index in [1.54, 1.807) is 6.92 Å². The average molecular weight is 201 g/mol. The van der Waals surface area contributed by atoms with Gasteiger partial charge in [-0.2, -0.15) is 0 Å². The van der Waals surface area contributed by atoms with E-state index in [1.807, 2.05) is 0 Å². The number of imidazole rings is 1. The van der Waals surface area contributed by atoms with Gasteiger partial charge in [0.15, 0.2) is 5.15 Å². The van der Waals surface area contributed by atoms with Crippen molar-refractivity contribution in [3.63, 3.8) is 0 Å². The summed E-state index contributed by atoms with van der Waals surface area (Å²) in [6.07, 6.45) is 2.78. The molecule has 1 unspecified atom stereocenters. The van der Waals surface area contributed by atoms with Gasteiger partial charge in [0.25, 0.3) is 0 Å². The van der Waals surface area contributed by atoms with E-state index in [-0.39, 0.29) is 0 Å². The summed E-state index contributed by atoms with van der Waals surface area (Å²) in [4.78, 5) is 4.24. The minimum Gasteiger partial charge on any atom is -0.387 e. The molecule has 0 saturated heterocycles. The molecule has 13 heavy (non-hydrogen) atoms. The summed E-state index contributed by atoms with van der Waals surface area (Å²) in [5.74, 6) is 1.02. The molecule has 1 N–H and O–H groups in total. The van der Waals surface area contributed by atoms with Crippen LogP contribution in [0.25, 0.3) is 0 Å². The molecule has 1 aliphatic heterocycles. The van der Waals surface area contributed by atoms with Crippen molar-refractivity contribution in [2.45, 2.75) is 38.8 Å². The third kappa shape index (κ3) is 1.46. The Hall–Kier alpha value is -0.540. The summed E-state index contributed by atoms with van der Waals surface area (Å²) in [7, 11) is 0. The van der Waals surface area contributed by atoms with Crippen LogP contribution in [0.5, 0.6) is 0 Å². The van der Waals surface area contributed by atoms with Crippen LogP contribution >= 0.6 is 11.6 Å². The minimum atomic E-state index is -0.521. The summed E-state index contributed by atoms with van der Waals surface area (Å²) >= 11 is 5.94. The van der Waals surface area contributed by atoms with Crippen LogP contribution in [0.1, 0.15) is 37.4 Å². The van der Waals surface area contributed by atoms with Crippen molar-refractivity contribution < 1.29 is 5.11 Å². The van der Waals surface area contributed by atoms with Crippen LogP contribution in [0, 0.1) is 0 Å². The number of fused-ring (bicyclic) bond motifs is 1. The molecule has 0 aliphatic carbocycles. The van der Waals surface area contributed by atoms with E-state index in [9.17, 15) is 5.11 Å². The maximum atomic E-state index is 9.50. The molecule has 0 fully saturated rings. The number of aliphatic hydroxyl groups excluding tert-OH is 1. The van der Waals surface area contributed by atoms with Gasteiger partial charge in [-0.25, -0.2) is 4.98 Å². The Morgan fingerprint density at radius 2 is 2.31 bits per heavy atom. The largest absolute Gasteiger partial charge is 0.387 e. The number of nitrogens with zero attached hydrogens (tertiary/aromatic N) is 2. The van der Waals surface area contributed by atoms with Gasteiger partial charge in [-0.05, 0) is 19.8 Å². The fourth-order valence-corrected chi connectivity index (χ4v) is 2.23. The predicted octanol–water partition coefficient (Wildman–Crippen LogP) is 1.93. The summed E-state index contributed by atoms with van der Waals surface area (Å²) in [6, 6.07) is 0. The second-order valence-corrected chi connectivity index (χ2v) is 3.85. The van der Waals surface area contributed by atoms with Crippen molar-refractivity contribution >= 4 is 11.6 Å². The van der Waals surface area contributed by atoms with Crippen LogP contribution in [0.4, 0.5) is 0 Å². The third-order valence-corrected chi connectivity index (χ3v) is 2.75. The summed E-state index contributed by atoms with van der Waals surface area (Å²) in [5.41, 5.74) is 0.774. The minimum absolute atomic E-state index is 0.465. The molecule has 0 radical (unpaired) electrons. The van der Waals surface area contributed by atoms with E-state index in [1.165, 1.54) is 6.42 Å². The lowest BCUT2D eigenvalue weighted by Gasteiger charge is -2.17. The number of hydrogen-bond acceptors (Lipinski definition) is 2. The number of aryl methyl sites for hydroxylation is 1. The average Bonchev–Trinajstić information content (AvgIpc) is 2.39. The molecule has 1 aliphatic rings. The van der Waals surface area contributed by atoms with Gasteiger partial charge in [-0.1, -0.05) is 11.6 Å². The molecule has 4 heteroatoms. The number of hydrogen-bond donors (Lipinski definition) is 1. The zero-order chi connectivity index (χ0) is 9.42. The molecule has 0 spiro atoms. The maximum Gasteiger partial charge on any atom is 0.153 e. The highest BCUT2D eigenvalue weighted by atomic mass is 35.5. The van der Waals surface area contributed by atoms with Gasteiger partial charge in [0.1, 0.15) is 5.82 Å². The molecule has 0 aromatic carbocycles. The van der Waals surface area contributed by atoms with E-state index in [4.69, 9.17) is 11.6 Å². The lowest BCUT2D eigenvalue weighted by molar-refractivity contribution is 0.187. The quantitative estimate of drug-likeness (QED) is 0.752. The van der Waals surface area contributed by atoms with Crippen molar-refractivity contribution in [1.82, 2.24) is 9.55 Å². The molecule has 0 amide bonds. The summed E-state index contributed by atoms with van der Waals surface area (Å²) < 4.78 is 2.05. The Morgan fingerprint density at radius 3 is 3.00 bits per heavy atom. The fourth-order valence-electron chi connectivity index (χ4n) is 1.87. The second-order valence-electron chi connectivity index (χ2n) is 3.49. The van der Waals surface area contributed by atoms with Crippen molar-refractivity contribution in [2.24, 2.45) is 0 Å². The zero-order valence-electron chi connectivity index (χ0n) is 7.63. The molecule has 72 valence electrons. The van der Waals surface area contributed by atoms with E-state index in [0.29, 0.717) is 5.15 Å². The molecule has 2 rings (SSSR count). The van der Waals surface area contributed by atoms with Crippen molar-refractivity contribution in [1.29, 1.82) is 0 Å². The highest BCUT2D eigenvalue weighted by Gasteiger charge is 2.20. The topological polar surface area (TPSA) is 38.1 Å². The smallest absolute Gasteiger partial charge is 0.153 e. The molecular formula is C9H13ClN2O. The molecular weight excluding hydrogens is 188 g/mol. The highest BCUT2D eigenvalue weighted by Crippen LogP contribution is 2.27. The van der Waals surface area contributed by atoms with Gasteiger partial charge in [0, 0.05) is 13.0 Å². The van der Waals surface area contributed by atoms with Crippen LogP contribution in [-0.2, 0) is 13.0 Å². The first-order valence-corrected chi connectivity index (χ1v) is 5.01. The molecule has 1 aromatic heterocycles. The first kappa shape index (κ1) is 9.03. The lowest BCUT2D eigenvalue weighted by Crippen LogP contribution is -2.14. The SMILES string of the molecule is CC(O)c1c(Cl)nc2n1CCCC2. The second kappa shape index (κ2) is 3.31. The molecule has 0 saturated carbocycles. The summed E-state index contributed by atoms with van der Waals surface area (Å²) in [6.45, 7) is 2.67. The Morgan fingerprint density at radius 1 is 1.54 bits per heavy atom. The van der Waals surface area contributed by atoms with Crippen LogP contribution in [-0.4, -0.2) is 14.7 Å². The Labute approximate surface area is 82.4 Å². The van der Waals surface area contributed by atoms with Crippen molar-refractivity contribution in [3.8, 4) is 0 Å². The number of halogens is 1. The Kier molecular flexibility index (Phi) is 2.30. The van der Waals surface area contributed by atoms with Crippen LogP contribution in [0.3, 0.4) is 0 Å². The van der Waals surface area contributed by atoms with E-state index >= 15 is 0 Å². The van der Waals surface area contributed by atoms with Crippen molar-refractivity contribution in [3.05, 3.63) is 16.7 Å². The highest BCUT2D eigenvalue weighted by molar-refractivity contribution is 6.30. The van der Waals surface area contributed by atoms with Gasteiger partial charge >= 0.3 is 0 Å². The van der Waals surface area contributed by atoms with Gasteiger partial charge in [0.05, 0.1) is 11.8 Å². The zero-order valence-corrected chi connectivity index (χ0v) is 8.38. The number of rotatable bonds is 1. The van der Waals surface area contributed by atoms with Gasteiger partial charge in [-0.15, -0.1) is 0 Å². The lowest BCUT2D eigenvalue weighted by atomic mass is 10.1. The molecule has 3 nitrogen and oxygen atoms in total. The number of aliphatic hydroxyl groups is 1. The van der Waals surface area contributed by atoms with Gasteiger partial charge in [-0.3, -0.25) is 0 Å². The van der Waals surface area contributed by atoms with Crippen LogP contribution < -0.4 is 0 Å². The Balaban J connectivity index is 2.48. The molecule has 1 atom stereocenters. The monoisotopic (exact) mass is 200 g/mol. The standard InChI is InChI=1S/C9H13ClN2O/c1-6(13)8-9(10)11-7-4-2-3-5-12(7)8/h6,13H,2-5H2,1H3. The normalized spacial score (nSPS) is 18.4. The van der Waals surface area contributed by atoms with Crippen LogP contribution in [0.15, 0.2) is 0 Å². The maximum absolute atomic E-state index is 9.50. The first-order chi connectivity index (χ1) is 6.20. The Bertz CT molecular complexity index is 320. The van der Waals surface area contributed by atoms with Crippen molar-refractivity contribution in [2.75, 3.05) is 0 Å². The van der Waals surface area contributed by atoms with E-state index < -0.39 is 6.10 Å². The number of aromatic nitrogens is 2. The van der Waals surface area contributed by atoms with E-state index in [2.05, 4.69) is 9.55 Å². The predicted molar refractivity (Wildman–Crippen MR) is 50.8 cm³/mol. The molecule has 0 bridgehead atoms. The van der Waals surface area contributed by atoms with Crippen LogP contribution in [0.2, 0.25) is 5.15 Å². The van der Waals surface area contributed by atoms with Gasteiger partial charge < -0.3 is 9.67 Å². The fraction of sp³-hybridized carbons (Fsp3) is 0.667. The molecule has 2 heterocycles. The van der Waals surface area contributed by atoms with Gasteiger partial charge in [0.2, 0.25) is 0 Å². The third-order valence-electron chi connectivity index (χ3n) is 2.47.